The summed E-state index contributed by atoms with van der Waals surface area (Å²) in [5.41, 5.74) is 1.99. The van der Waals surface area contributed by atoms with Gasteiger partial charge in [0.1, 0.15) is 28.5 Å². The van der Waals surface area contributed by atoms with Crippen LogP contribution in [0.3, 0.4) is 0 Å². The first-order chi connectivity index (χ1) is 25.2. The van der Waals surface area contributed by atoms with Crippen LogP contribution in [0.15, 0.2) is 48.4 Å². The van der Waals surface area contributed by atoms with Crippen LogP contribution in [0.5, 0.6) is 0 Å². The Balaban J connectivity index is 1.47. The van der Waals surface area contributed by atoms with Crippen LogP contribution in [0.2, 0.25) is 0 Å². The molecule has 4 heterocycles. The Hall–Kier alpha value is -5.58. The number of hydrogen-bond donors (Lipinski definition) is 4. The van der Waals surface area contributed by atoms with Gasteiger partial charge in [0.2, 0.25) is 23.6 Å². The van der Waals surface area contributed by atoms with E-state index < -0.39 is 53.6 Å². The summed E-state index contributed by atoms with van der Waals surface area (Å²) in [7, 11) is 4.66. The molecule has 0 saturated heterocycles. The van der Waals surface area contributed by atoms with Crippen molar-refractivity contribution in [3.05, 3.63) is 70.3 Å². The fraction of sp³-hybridized carbons (Fsp3) is 0.444. The molecule has 1 aromatic carbocycles. The van der Waals surface area contributed by atoms with Gasteiger partial charge in [-0.15, -0.1) is 11.3 Å². The Bertz CT molecular complexity index is 1980. The summed E-state index contributed by atoms with van der Waals surface area (Å²) < 4.78 is 1.54. The summed E-state index contributed by atoms with van der Waals surface area (Å²) in [6.07, 6.45) is 5.29. The van der Waals surface area contributed by atoms with E-state index >= 15 is 0 Å². The number of aromatic nitrogens is 4. The Morgan fingerprint density at radius 1 is 0.925 bits per heavy atom. The van der Waals surface area contributed by atoms with Gasteiger partial charge in [0, 0.05) is 63.1 Å². The number of para-hydroxylation sites is 1. The Kier molecular flexibility index (Phi) is 12.3. The molecule has 3 aromatic heterocycles. The lowest BCUT2D eigenvalue weighted by Crippen LogP contribution is -2.53. The maximum atomic E-state index is 13.9. The maximum absolute atomic E-state index is 13.9. The number of nitrogens with one attached hydrogen (secondary N) is 4. The second-order valence-corrected chi connectivity index (χ2v) is 14.7. The van der Waals surface area contributed by atoms with E-state index in [0.29, 0.717) is 11.4 Å². The molecular weight excluding hydrogens is 701 g/mol. The van der Waals surface area contributed by atoms with Gasteiger partial charge in [0.05, 0.1) is 31.7 Å². The van der Waals surface area contributed by atoms with Crippen LogP contribution >= 0.6 is 11.3 Å². The van der Waals surface area contributed by atoms with Crippen LogP contribution < -0.4 is 16.0 Å². The number of hydrogen-bond acceptors (Lipinski definition) is 9. The predicted molar refractivity (Wildman–Crippen MR) is 198 cm³/mol. The highest BCUT2D eigenvalue weighted by Gasteiger charge is 2.31. The van der Waals surface area contributed by atoms with Crippen molar-refractivity contribution >= 4 is 57.7 Å². The average Bonchev–Trinajstić information content (AvgIpc) is 3.88. The lowest BCUT2D eigenvalue weighted by atomic mass is 10.0. The van der Waals surface area contributed by atoms with Crippen molar-refractivity contribution in [3.63, 3.8) is 0 Å². The fourth-order valence-electron chi connectivity index (χ4n) is 6.21. The molecule has 2 bridgehead atoms. The zero-order valence-corrected chi connectivity index (χ0v) is 31.5. The second kappa shape index (κ2) is 16.8. The summed E-state index contributed by atoms with van der Waals surface area (Å²) in [5, 5.41) is 11.4. The zero-order valence-electron chi connectivity index (χ0n) is 30.7. The number of rotatable bonds is 5. The normalized spacial score (nSPS) is 20.3. The van der Waals surface area contributed by atoms with E-state index in [1.54, 1.807) is 30.2 Å². The van der Waals surface area contributed by atoms with Crippen molar-refractivity contribution in [2.24, 2.45) is 13.0 Å². The van der Waals surface area contributed by atoms with Gasteiger partial charge in [-0.05, 0) is 30.9 Å². The lowest BCUT2D eigenvalue weighted by molar-refractivity contribution is -0.138. The molecule has 4 N–H and O–H groups in total. The summed E-state index contributed by atoms with van der Waals surface area (Å²) in [4.78, 5) is 97.1. The minimum absolute atomic E-state index is 0.00577. The molecule has 5 rings (SSSR count). The first kappa shape index (κ1) is 38.6. The summed E-state index contributed by atoms with van der Waals surface area (Å²) in [5.74, 6) is -2.91. The first-order valence-corrected chi connectivity index (χ1v) is 18.2. The number of aromatic amines is 1. The number of benzene rings is 1. The van der Waals surface area contributed by atoms with Gasteiger partial charge < -0.3 is 40.2 Å². The molecule has 0 unspecified atom stereocenters. The number of amides is 6. The van der Waals surface area contributed by atoms with Gasteiger partial charge in [-0.25, -0.2) is 9.97 Å². The topological polar surface area (TPSA) is 195 Å². The van der Waals surface area contributed by atoms with E-state index in [0.717, 1.165) is 16.5 Å². The standard InChI is InChI=1S/C36H46N10O6S/c1-21(2)13-26-33-42-28(19-53-33)32(49)41-27(14-23-15-38-25-10-8-7-9-24(23)25)35(51)44(5)17-30(47)39-22(3)34(50)43(4)11-12-46(18-31(48)40-26)36(52)29-16-37-20-45(29)6/h7-10,15-16,19-22,26-27,38H,11-14,17-18H2,1-6H3,(H,39,47)(H,40,48)(H,41,49)/t22-,26-,27+/m0/s1. The number of thiazole rings is 1. The number of likely N-dealkylation sites (N-methyl/N-ethyl adjacent to an activating group) is 2. The van der Waals surface area contributed by atoms with Gasteiger partial charge in [-0.2, -0.15) is 0 Å². The molecular formula is C36H46N10O6S. The van der Waals surface area contributed by atoms with E-state index in [4.69, 9.17) is 0 Å². The van der Waals surface area contributed by atoms with Crippen LogP contribution in [0.25, 0.3) is 10.9 Å². The average molecular weight is 747 g/mol. The highest BCUT2D eigenvalue weighted by atomic mass is 32.1. The number of H-pyrrole nitrogens is 1. The van der Waals surface area contributed by atoms with Crippen molar-refractivity contribution < 1.29 is 28.8 Å². The molecule has 282 valence electrons. The minimum atomic E-state index is -1.07. The lowest BCUT2D eigenvalue weighted by Gasteiger charge is -2.28. The Morgan fingerprint density at radius 2 is 1.66 bits per heavy atom. The predicted octanol–water partition coefficient (Wildman–Crippen LogP) is 1.48. The molecule has 1 aliphatic heterocycles. The van der Waals surface area contributed by atoms with E-state index in [9.17, 15) is 28.8 Å². The second-order valence-electron chi connectivity index (χ2n) is 13.8. The van der Waals surface area contributed by atoms with E-state index in [2.05, 4.69) is 30.9 Å². The number of fused-ring (bicyclic) bond motifs is 3. The van der Waals surface area contributed by atoms with Gasteiger partial charge in [-0.3, -0.25) is 28.8 Å². The first-order valence-electron chi connectivity index (χ1n) is 17.4. The third kappa shape index (κ3) is 9.46. The smallest absolute Gasteiger partial charge is 0.272 e. The molecule has 1 aliphatic rings. The van der Waals surface area contributed by atoms with Crippen LogP contribution in [0.1, 0.15) is 64.8 Å². The molecule has 0 radical (unpaired) electrons. The van der Waals surface area contributed by atoms with Gasteiger partial charge in [0.25, 0.3) is 11.8 Å². The molecule has 17 heteroatoms. The van der Waals surface area contributed by atoms with Crippen molar-refractivity contribution in [2.45, 2.75) is 51.7 Å². The number of carbonyl (C=O) groups is 6. The molecule has 3 atom stereocenters. The van der Waals surface area contributed by atoms with Crippen LogP contribution in [0.4, 0.5) is 0 Å². The monoisotopic (exact) mass is 746 g/mol. The highest BCUT2D eigenvalue weighted by molar-refractivity contribution is 7.09. The quantitative estimate of drug-likeness (QED) is 0.236. The van der Waals surface area contributed by atoms with Crippen molar-refractivity contribution in [3.8, 4) is 0 Å². The van der Waals surface area contributed by atoms with Crippen molar-refractivity contribution in [1.82, 2.24) is 50.2 Å². The Labute approximate surface area is 311 Å². The fourth-order valence-corrected chi connectivity index (χ4v) is 7.07. The molecule has 0 spiro atoms. The van der Waals surface area contributed by atoms with Crippen molar-refractivity contribution in [1.29, 1.82) is 0 Å². The molecule has 0 fully saturated rings. The summed E-state index contributed by atoms with van der Waals surface area (Å²) >= 11 is 1.20. The van der Waals surface area contributed by atoms with Crippen LogP contribution in [-0.4, -0.2) is 122 Å². The van der Waals surface area contributed by atoms with Gasteiger partial charge in [0.15, 0.2) is 0 Å². The number of aryl methyl sites for hydroxylation is 1. The van der Waals surface area contributed by atoms with Crippen LogP contribution in [-0.2, 0) is 32.6 Å². The molecule has 4 aromatic rings. The zero-order chi connectivity index (χ0) is 38.4. The SMILES string of the molecule is CC(C)C[C@@H]1NC(=O)CN(C(=O)c2cncn2C)CCN(C)C(=O)[C@H](C)NC(=O)CN(C)C(=O)[C@@H](Cc2c[nH]c3ccccc23)NC(=O)c2csc1n2. The summed E-state index contributed by atoms with van der Waals surface area (Å²) in [6.45, 7) is 4.88. The van der Waals surface area contributed by atoms with E-state index in [1.807, 2.05) is 38.1 Å². The molecule has 53 heavy (non-hydrogen) atoms. The maximum Gasteiger partial charge on any atom is 0.272 e. The largest absolute Gasteiger partial charge is 0.361 e. The van der Waals surface area contributed by atoms with E-state index in [1.165, 1.54) is 52.5 Å². The minimum Gasteiger partial charge on any atom is -0.361 e. The molecule has 6 amide bonds. The number of nitrogens with zero attached hydrogens (tertiary/aromatic N) is 6. The molecule has 0 saturated carbocycles. The van der Waals surface area contributed by atoms with Crippen LogP contribution in [0, 0.1) is 5.92 Å². The Morgan fingerprint density at radius 3 is 2.38 bits per heavy atom. The summed E-state index contributed by atoms with van der Waals surface area (Å²) in [6, 6.07) is 4.98. The van der Waals surface area contributed by atoms with Gasteiger partial charge >= 0.3 is 0 Å². The highest BCUT2D eigenvalue weighted by Crippen LogP contribution is 2.25. The van der Waals surface area contributed by atoms with Gasteiger partial charge in [-0.1, -0.05) is 32.0 Å². The van der Waals surface area contributed by atoms with Crippen molar-refractivity contribution in [2.75, 3.05) is 40.3 Å². The third-order valence-electron chi connectivity index (χ3n) is 9.04. The third-order valence-corrected chi connectivity index (χ3v) is 10.00. The number of carbonyl (C=O) groups excluding carboxylic acids is 6. The van der Waals surface area contributed by atoms with E-state index in [-0.39, 0.29) is 49.9 Å². The molecule has 0 aliphatic carbocycles. The number of imidazole rings is 1. The molecule has 16 nitrogen and oxygen atoms in total.